The number of benzene rings is 1. The number of carbonyl (C=O) groups excluding carboxylic acids is 1. The van der Waals surface area contributed by atoms with Crippen molar-refractivity contribution in [1.29, 1.82) is 0 Å². The van der Waals surface area contributed by atoms with E-state index in [9.17, 15) is 4.79 Å². The second-order valence-electron chi connectivity index (χ2n) is 5.48. The Balaban J connectivity index is 1.51. The molecule has 0 spiro atoms. The molecular weight excluding hydrogens is 382 g/mol. The molecule has 27 heavy (non-hydrogen) atoms. The summed E-state index contributed by atoms with van der Waals surface area (Å²) in [5, 5.41) is 4.83. The first-order valence-electron chi connectivity index (χ1n) is 8.27. The molecule has 140 valence electrons. The van der Waals surface area contributed by atoms with Crippen LogP contribution in [0.25, 0.3) is 16.0 Å². The smallest absolute Gasteiger partial charge is 0.344 e. The summed E-state index contributed by atoms with van der Waals surface area (Å²) < 4.78 is 16.1. The third kappa shape index (κ3) is 5.18. The van der Waals surface area contributed by atoms with E-state index in [2.05, 4.69) is 4.98 Å². The highest BCUT2D eigenvalue weighted by molar-refractivity contribution is 7.20. The lowest BCUT2D eigenvalue weighted by atomic mass is 10.2. The largest absolute Gasteiger partial charge is 0.493 e. The van der Waals surface area contributed by atoms with Crippen LogP contribution < -0.4 is 9.47 Å². The number of thiophene rings is 1. The van der Waals surface area contributed by atoms with Gasteiger partial charge < -0.3 is 14.2 Å². The molecule has 2 aromatic heterocycles. The topological polar surface area (TPSA) is 57.7 Å². The zero-order chi connectivity index (χ0) is 19.1. The van der Waals surface area contributed by atoms with Crippen LogP contribution in [0, 0.1) is 0 Å². The van der Waals surface area contributed by atoms with Crippen LogP contribution in [0.4, 0.5) is 0 Å². The summed E-state index contributed by atoms with van der Waals surface area (Å²) in [6.07, 6.45) is 3.90. The summed E-state index contributed by atoms with van der Waals surface area (Å²) >= 11 is 3.17. The molecule has 0 radical (unpaired) electrons. The first kappa shape index (κ1) is 19.1. The summed E-state index contributed by atoms with van der Waals surface area (Å²) in [5.74, 6) is 0.607. The fraction of sp³-hybridized carbons (Fsp3) is 0.200. The molecule has 0 saturated carbocycles. The number of hydrogen-bond donors (Lipinski definition) is 0. The Morgan fingerprint density at radius 2 is 2.11 bits per heavy atom. The minimum Gasteiger partial charge on any atom is -0.493 e. The van der Waals surface area contributed by atoms with E-state index >= 15 is 0 Å². The van der Waals surface area contributed by atoms with Gasteiger partial charge >= 0.3 is 5.97 Å². The Labute approximate surface area is 165 Å². The maximum Gasteiger partial charge on any atom is 0.344 e. The van der Waals surface area contributed by atoms with Crippen molar-refractivity contribution in [3.63, 3.8) is 0 Å². The van der Waals surface area contributed by atoms with Gasteiger partial charge in [-0.3, -0.25) is 0 Å². The van der Waals surface area contributed by atoms with Crippen LogP contribution in [0.15, 0.2) is 47.2 Å². The van der Waals surface area contributed by atoms with Crippen molar-refractivity contribution in [2.75, 3.05) is 13.7 Å². The van der Waals surface area contributed by atoms with Crippen molar-refractivity contribution in [3.05, 3.63) is 58.4 Å². The standard InChI is InChI=1S/C20H19NO4S2/c1-3-5-14-7-8-16(17(10-14)23-2)24-12-19(22)25-11-15-13-27-20(21-15)18-6-4-9-26-18/h3-10,13H,11-12H2,1-2H3/b5-3+. The molecule has 0 aliphatic rings. The van der Waals surface area contributed by atoms with E-state index in [-0.39, 0.29) is 13.2 Å². The quantitative estimate of drug-likeness (QED) is 0.495. The fourth-order valence-electron chi connectivity index (χ4n) is 2.32. The monoisotopic (exact) mass is 401 g/mol. The lowest BCUT2D eigenvalue weighted by molar-refractivity contribution is -0.147. The second-order valence-corrected chi connectivity index (χ2v) is 7.29. The van der Waals surface area contributed by atoms with Crippen molar-refractivity contribution in [2.45, 2.75) is 13.5 Å². The number of ether oxygens (including phenoxy) is 3. The van der Waals surface area contributed by atoms with E-state index < -0.39 is 5.97 Å². The molecule has 2 heterocycles. The van der Waals surface area contributed by atoms with Gasteiger partial charge in [-0.05, 0) is 36.1 Å². The third-order valence-corrected chi connectivity index (χ3v) is 5.49. The van der Waals surface area contributed by atoms with Crippen molar-refractivity contribution in [3.8, 4) is 21.4 Å². The zero-order valence-electron chi connectivity index (χ0n) is 15.0. The highest BCUT2D eigenvalue weighted by atomic mass is 32.1. The highest BCUT2D eigenvalue weighted by Gasteiger charge is 2.11. The molecule has 0 unspecified atom stereocenters. The predicted octanol–water partition coefficient (Wildman–Crippen LogP) is 5.04. The number of thiazole rings is 1. The normalized spacial score (nSPS) is 10.9. The summed E-state index contributed by atoms with van der Waals surface area (Å²) in [7, 11) is 1.56. The van der Waals surface area contributed by atoms with Gasteiger partial charge in [0.05, 0.1) is 17.7 Å². The SMILES string of the molecule is C/C=C/c1ccc(OCC(=O)OCc2csc(-c3cccs3)n2)c(OC)c1. The Morgan fingerprint density at radius 1 is 1.22 bits per heavy atom. The summed E-state index contributed by atoms with van der Waals surface area (Å²) in [4.78, 5) is 17.6. The molecule has 0 bridgehead atoms. The predicted molar refractivity (Wildman–Crippen MR) is 108 cm³/mol. The van der Waals surface area contributed by atoms with Gasteiger partial charge in [-0.1, -0.05) is 24.3 Å². The van der Waals surface area contributed by atoms with E-state index in [1.54, 1.807) is 24.5 Å². The van der Waals surface area contributed by atoms with Gasteiger partial charge in [-0.2, -0.15) is 0 Å². The maximum atomic E-state index is 12.0. The Morgan fingerprint density at radius 3 is 2.85 bits per heavy atom. The van der Waals surface area contributed by atoms with E-state index in [0.717, 1.165) is 21.1 Å². The number of hydrogen-bond acceptors (Lipinski definition) is 7. The van der Waals surface area contributed by atoms with E-state index in [1.165, 1.54) is 11.3 Å². The molecule has 0 aliphatic heterocycles. The zero-order valence-corrected chi connectivity index (χ0v) is 16.6. The molecule has 0 atom stereocenters. The first-order chi connectivity index (χ1) is 13.2. The molecule has 0 saturated heterocycles. The lowest BCUT2D eigenvalue weighted by Crippen LogP contribution is -2.15. The summed E-state index contributed by atoms with van der Waals surface area (Å²) in [6, 6.07) is 9.52. The average molecular weight is 402 g/mol. The van der Waals surface area contributed by atoms with Crippen LogP contribution in [0.1, 0.15) is 18.2 Å². The third-order valence-electron chi connectivity index (χ3n) is 3.56. The summed E-state index contributed by atoms with van der Waals surface area (Å²) in [5.41, 5.74) is 1.72. The molecule has 3 rings (SSSR count). The molecule has 3 aromatic rings. The van der Waals surface area contributed by atoms with Gasteiger partial charge in [0.2, 0.25) is 0 Å². The van der Waals surface area contributed by atoms with Crippen LogP contribution in [-0.2, 0) is 16.1 Å². The van der Waals surface area contributed by atoms with Gasteiger partial charge in [0, 0.05) is 5.38 Å². The molecule has 5 nitrogen and oxygen atoms in total. The van der Waals surface area contributed by atoms with Gasteiger partial charge in [0.25, 0.3) is 0 Å². The highest BCUT2D eigenvalue weighted by Crippen LogP contribution is 2.29. The Hall–Kier alpha value is -2.64. The number of allylic oxidation sites excluding steroid dienone is 1. The second kappa shape index (κ2) is 9.34. The van der Waals surface area contributed by atoms with E-state index in [1.807, 2.05) is 54.1 Å². The van der Waals surface area contributed by atoms with Gasteiger partial charge in [-0.15, -0.1) is 22.7 Å². The minimum absolute atomic E-state index is 0.126. The molecule has 7 heteroatoms. The number of esters is 1. The molecule has 0 N–H and O–H groups in total. The van der Waals surface area contributed by atoms with Crippen LogP contribution in [0.2, 0.25) is 0 Å². The van der Waals surface area contributed by atoms with Crippen molar-refractivity contribution < 1.29 is 19.0 Å². The molecule has 0 fully saturated rings. The fourth-order valence-corrected chi connectivity index (χ4v) is 3.94. The minimum atomic E-state index is -0.458. The Kier molecular flexibility index (Phi) is 6.62. The number of methoxy groups -OCH3 is 1. The Bertz CT molecular complexity index is 916. The first-order valence-corrected chi connectivity index (χ1v) is 10.0. The molecular formula is C20H19NO4S2. The molecule has 0 amide bonds. The van der Waals surface area contributed by atoms with Crippen LogP contribution >= 0.6 is 22.7 Å². The van der Waals surface area contributed by atoms with Crippen LogP contribution in [-0.4, -0.2) is 24.7 Å². The van der Waals surface area contributed by atoms with Crippen LogP contribution in [0.5, 0.6) is 11.5 Å². The van der Waals surface area contributed by atoms with E-state index in [0.29, 0.717) is 11.5 Å². The van der Waals surface area contributed by atoms with Crippen molar-refractivity contribution in [2.24, 2.45) is 0 Å². The number of aromatic nitrogens is 1. The number of carbonyl (C=O) groups is 1. The van der Waals surface area contributed by atoms with Crippen LogP contribution in [0.3, 0.4) is 0 Å². The average Bonchev–Trinajstić information content (AvgIpc) is 3.37. The molecule has 0 aliphatic carbocycles. The number of rotatable bonds is 8. The van der Waals surface area contributed by atoms with Gasteiger partial charge in [-0.25, -0.2) is 9.78 Å². The van der Waals surface area contributed by atoms with E-state index in [4.69, 9.17) is 14.2 Å². The summed E-state index contributed by atoms with van der Waals surface area (Å²) in [6.45, 7) is 1.88. The van der Waals surface area contributed by atoms with Crippen molar-refractivity contribution >= 4 is 34.7 Å². The van der Waals surface area contributed by atoms with Gasteiger partial charge in [0.15, 0.2) is 18.1 Å². The number of nitrogens with zero attached hydrogens (tertiary/aromatic N) is 1. The van der Waals surface area contributed by atoms with Crippen molar-refractivity contribution in [1.82, 2.24) is 4.98 Å². The van der Waals surface area contributed by atoms with Gasteiger partial charge in [0.1, 0.15) is 11.6 Å². The lowest BCUT2D eigenvalue weighted by Gasteiger charge is -2.11. The molecule has 1 aromatic carbocycles. The maximum absolute atomic E-state index is 12.0.